The monoisotopic (exact) mass is 503 g/mol. The third-order valence-electron chi connectivity index (χ3n) is 7.40. The largest absolute Gasteiger partial charge is 0.510 e. The number of aliphatic hydroxyl groups is 1. The lowest BCUT2D eigenvalue weighted by molar-refractivity contribution is 0.00711. The summed E-state index contributed by atoms with van der Waals surface area (Å²) in [5.74, 6) is 1.32. The van der Waals surface area contributed by atoms with E-state index in [-0.39, 0.29) is 12.2 Å². The highest BCUT2D eigenvalue weighted by Gasteiger charge is 2.22. The summed E-state index contributed by atoms with van der Waals surface area (Å²) >= 11 is 0. The Morgan fingerprint density at radius 1 is 1.05 bits per heavy atom. The second-order valence-electron chi connectivity index (χ2n) is 11.0. The van der Waals surface area contributed by atoms with Crippen molar-refractivity contribution in [3.05, 3.63) is 81.6 Å². The molecule has 4 heteroatoms. The molecule has 2 fully saturated rings. The van der Waals surface area contributed by atoms with E-state index in [2.05, 4.69) is 55.6 Å². The topological polar surface area (TPSA) is 50.7 Å². The molecule has 2 aromatic carbocycles. The van der Waals surface area contributed by atoms with Gasteiger partial charge in [0.1, 0.15) is 17.6 Å². The van der Waals surface area contributed by atoms with Crippen molar-refractivity contribution in [1.82, 2.24) is 5.32 Å². The van der Waals surface area contributed by atoms with Crippen LogP contribution in [0.15, 0.2) is 53.8 Å². The minimum absolute atomic E-state index is 0.0508. The highest BCUT2D eigenvalue weighted by atomic mass is 16.5. The third-order valence-corrected chi connectivity index (χ3v) is 7.40. The van der Waals surface area contributed by atoms with Crippen LogP contribution in [0.2, 0.25) is 0 Å². The van der Waals surface area contributed by atoms with Crippen molar-refractivity contribution in [2.75, 3.05) is 0 Å². The molecular weight excluding hydrogens is 458 g/mol. The van der Waals surface area contributed by atoms with Gasteiger partial charge in [-0.05, 0) is 125 Å². The van der Waals surface area contributed by atoms with Crippen molar-refractivity contribution in [1.29, 1.82) is 0 Å². The van der Waals surface area contributed by atoms with Crippen LogP contribution in [-0.4, -0.2) is 23.4 Å². The molecule has 200 valence electrons. The Balaban J connectivity index is 1.47. The van der Waals surface area contributed by atoms with Gasteiger partial charge in [-0.3, -0.25) is 0 Å². The number of rotatable bonds is 12. The molecule has 0 aliphatic heterocycles. The van der Waals surface area contributed by atoms with Crippen molar-refractivity contribution in [2.45, 2.75) is 111 Å². The van der Waals surface area contributed by atoms with Gasteiger partial charge in [-0.2, -0.15) is 0 Å². The first-order valence-corrected chi connectivity index (χ1v) is 14.2. The Bertz CT molecular complexity index is 1120. The van der Waals surface area contributed by atoms with E-state index < -0.39 is 0 Å². The van der Waals surface area contributed by atoms with Crippen LogP contribution in [0, 0.1) is 13.8 Å². The van der Waals surface area contributed by atoms with Crippen LogP contribution in [0.5, 0.6) is 5.75 Å². The molecule has 2 N–H and O–H groups in total. The molecule has 0 heterocycles. The normalized spacial score (nSPS) is 16.8. The van der Waals surface area contributed by atoms with E-state index >= 15 is 0 Å². The molecule has 1 unspecified atom stereocenters. The number of aliphatic hydroxyl groups excluding tert-OH is 1. The molecule has 2 saturated carbocycles. The van der Waals surface area contributed by atoms with Crippen LogP contribution in [0.3, 0.4) is 0 Å². The molecule has 0 saturated heterocycles. The highest BCUT2D eigenvalue weighted by molar-refractivity contribution is 5.72. The first kappa shape index (κ1) is 27.3. The Morgan fingerprint density at radius 3 is 2.46 bits per heavy atom. The molecule has 37 heavy (non-hydrogen) atoms. The summed E-state index contributed by atoms with van der Waals surface area (Å²) in [6.07, 6.45) is 10.7. The average molecular weight is 504 g/mol. The molecule has 4 nitrogen and oxygen atoms in total. The molecule has 0 bridgehead atoms. The molecule has 4 rings (SSSR count). The van der Waals surface area contributed by atoms with Gasteiger partial charge in [0.25, 0.3) is 0 Å². The lowest BCUT2D eigenvalue weighted by Crippen LogP contribution is -2.23. The number of hydrogen-bond donors (Lipinski definition) is 2. The molecule has 0 aromatic heterocycles. The summed E-state index contributed by atoms with van der Waals surface area (Å²) in [7, 11) is 0. The number of allylic oxidation sites excluding steroid dienone is 2. The van der Waals surface area contributed by atoms with Gasteiger partial charge in [0, 0.05) is 24.2 Å². The molecule has 1 atom stereocenters. The minimum atomic E-state index is -0.319. The zero-order chi connectivity index (χ0) is 26.4. The molecule has 2 aromatic rings. The number of nitrogens with one attached hydrogen (secondary N) is 1. The zero-order valence-corrected chi connectivity index (χ0v) is 23.4. The predicted molar refractivity (Wildman–Crippen MR) is 153 cm³/mol. The number of aryl methyl sites for hydroxylation is 2. The van der Waals surface area contributed by atoms with Crippen molar-refractivity contribution in [3.8, 4) is 5.75 Å². The van der Waals surface area contributed by atoms with Crippen LogP contribution < -0.4 is 10.1 Å². The lowest BCUT2D eigenvalue weighted by atomic mass is 9.99. The Morgan fingerprint density at radius 2 is 1.81 bits per heavy atom. The molecule has 0 amide bonds. The quantitative estimate of drug-likeness (QED) is 0.287. The summed E-state index contributed by atoms with van der Waals surface area (Å²) in [5, 5.41) is 14.3. The fourth-order valence-corrected chi connectivity index (χ4v) is 5.24. The second kappa shape index (κ2) is 12.7. The van der Waals surface area contributed by atoms with Gasteiger partial charge in [-0.15, -0.1) is 0 Å². The van der Waals surface area contributed by atoms with Gasteiger partial charge in [-0.1, -0.05) is 25.1 Å². The van der Waals surface area contributed by atoms with Crippen molar-refractivity contribution >= 4 is 5.70 Å². The van der Waals surface area contributed by atoms with Gasteiger partial charge < -0.3 is 19.9 Å². The van der Waals surface area contributed by atoms with E-state index in [1.54, 1.807) is 0 Å². The van der Waals surface area contributed by atoms with Crippen LogP contribution in [-0.2, 0) is 17.7 Å². The summed E-state index contributed by atoms with van der Waals surface area (Å²) in [6.45, 7) is 11.2. The van der Waals surface area contributed by atoms with Crippen molar-refractivity contribution < 1.29 is 14.6 Å². The lowest BCUT2D eigenvalue weighted by Gasteiger charge is -2.21. The van der Waals surface area contributed by atoms with E-state index in [1.807, 2.05) is 26.8 Å². The Hall–Kier alpha value is -2.72. The van der Waals surface area contributed by atoms with Gasteiger partial charge in [0.05, 0.1) is 12.2 Å². The van der Waals surface area contributed by atoms with Gasteiger partial charge >= 0.3 is 0 Å². The van der Waals surface area contributed by atoms with Crippen molar-refractivity contribution in [2.24, 2.45) is 0 Å². The Kier molecular flexibility index (Phi) is 9.37. The number of benzene rings is 2. The maximum Gasteiger partial charge on any atom is 0.120 e. The predicted octanol–water partition coefficient (Wildman–Crippen LogP) is 8.11. The molecule has 0 radical (unpaired) electrons. The van der Waals surface area contributed by atoms with E-state index in [0.29, 0.717) is 18.3 Å². The van der Waals surface area contributed by atoms with Gasteiger partial charge in [0.15, 0.2) is 0 Å². The first-order chi connectivity index (χ1) is 17.8. The van der Waals surface area contributed by atoms with Gasteiger partial charge in [0.2, 0.25) is 0 Å². The van der Waals surface area contributed by atoms with Gasteiger partial charge in [-0.25, -0.2) is 0 Å². The smallest absolute Gasteiger partial charge is 0.120 e. The average Bonchev–Trinajstić information content (AvgIpc) is 3.57. The highest BCUT2D eigenvalue weighted by Crippen LogP contribution is 2.37. The molecule has 2 aliphatic carbocycles. The second-order valence-corrected chi connectivity index (χ2v) is 11.0. The number of ether oxygens (including phenoxy) is 2. The zero-order valence-electron chi connectivity index (χ0n) is 23.4. The van der Waals surface area contributed by atoms with Crippen LogP contribution in [0.1, 0.15) is 93.5 Å². The molecule has 0 spiro atoms. The summed E-state index contributed by atoms with van der Waals surface area (Å²) in [6, 6.07) is 13.2. The summed E-state index contributed by atoms with van der Waals surface area (Å²) < 4.78 is 12.3. The maximum absolute atomic E-state index is 10.5. The Labute approximate surface area is 223 Å². The molecular formula is C33H45NO3. The van der Waals surface area contributed by atoms with E-state index in [1.165, 1.54) is 77.6 Å². The van der Waals surface area contributed by atoms with E-state index in [0.717, 1.165) is 18.7 Å². The van der Waals surface area contributed by atoms with Crippen LogP contribution in [0.4, 0.5) is 0 Å². The fraction of sp³-hybridized carbons (Fsp3) is 0.515. The standard InChI is InChI=1S/C33H45NO3/c1-6-9-31(35)32(36-22(2)3)20-25-13-12-23(4)27(19-25)21-34-33(26-14-15-26)30-17-16-29(18-24(30)5)37-28-10-7-8-11-28/h9,12-13,16-19,22,28,32,34-35H,6-8,10-11,14-15,20-21H2,1-5H3/b31-9+. The number of hydrogen-bond acceptors (Lipinski definition) is 4. The SMILES string of the molecule is CC/C=C(/O)C(Cc1ccc(C)c(CNC(=C2CC2)c2ccc(OC3CCCC3)cc2C)c1)OC(C)C. The third kappa shape index (κ3) is 7.64. The van der Waals surface area contributed by atoms with E-state index in [9.17, 15) is 5.11 Å². The molecule has 2 aliphatic rings. The van der Waals surface area contributed by atoms with Crippen molar-refractivity contribution in [3.63, 3.8) is 0 Å². The summed E-state index contributed by atoms with van der Waals surface area (Å²) in [5.41, 5.74) is 9.03. The van der Waals surface area contributed by atoms with Crippen LogP contribution >= 0.6 is 0 Å². The first-order valence-electron chi connectivity index (χ1n) is 14.2. The minimum Gasteiger partial charge on any atom is -0.510 e. The van der Waals surface area contributed by atoms with E-state index in [4.69, 9.17) is 9.47 Å². The van der Waals surface area contributed by atoms with Crippen LogP contribution in [0.25, 0.3) is 5.70 Å². The fourth-order valence-electron chi connectivity index (χ4n) is 5.24. The summed E-state index contributed by atoms with van der Waals surface area (Å²) in [4.78, 5) is 0. The maximum atomic E-state index is 10.5.